The minimum absolute atomic E-state index is 0.142. The highest BCUT2D eigenvalue weighted by molar-refractivity contribution is 6.02. The number of hydrogen-bond acceptors (Lipinski definition) is 4. The van der Waals surface area contributed by atoms with Crippen LogP contribution in [0.15, 0.2) is 23.2 Å². The van der Waals surface area contributed by atoms with Crippen molar-refractivity contribution < 1.29 is 14.6 Å². The lowest BCUT2D eigenvalue weighted by atomic mass is 10.1. The van der Waals surface area contributed by atoms with Crippen molar-refractivity contribution in [1.82, 2.24) is 9.88 Å². The number of aromatic nitrogens is 1. The van der Waals surface area contributed by atoms with Gasteiger partial charge in [-0.2, -0.15) is 0 Å². The second kappa shape index (κ2) is 6.95. The fourth-order valence-corrected chi connectivity index (χ4v) is 3.04. The van der Waals surface area contributed by atoms with Gasteiger partial charge in [0.25, 0.3) is 0 Å². The second-order valence-corrected chi connectivity index (χ2v) is 6.13. The summed E-state index contributed by atoms with van der Waals surface area (Å²) in [6.45, 7) is 5.53. The minimum atomic E-state index is -0.246. The highest BCUT2D eigenvalue weighted by Gasteiger charge is 2.23. The van der Waals surface area contributed by atoms with Crippen molar-refractivity contribution in [2.75, 3.05) is 19.7 Å². The lowest BCUT2D eigenvalue weighted by molar-refractivity contribution is 0.0975. The van der Waals surface area contributed by atoms with Crippen LogP contribution in [0.1, 0.15) is 30.9 Å². The van der Waals surface area contributed by atoms with Gasteiger partial charge in [-0.05, 0) is 38.3 Å². The zero-order valence-electron chi connectivity index (χ0n) is 14.1. The molecule has 2 heterocycles. The lowest BCUT2D eigenvalue weighted by Gasteiger charge is -2.29. The maximum Gasteiger partial charge on any atom is 0.409 e. The molecule has 6 nitrogen and oxygen atoms in total. The van der Waals surface area contributed by atoms with Crippen LogP contribution < -0.4 is 0 Å². The average Bonchev–Trinajstić information content (AvgIpc) is 2.88. The van der Waals surface area contributed by atoms with E-state index in [1.54, 1.807) is 11.1 Å². The van der Waals surface area contributed by atoms with Crippen LogP contribution in [0.3, 0.4) is 0 Å². The zero-order chi connectivity index (χ0) is 17.1. The number of hydrogen-bond donors (Lipinski definition) is 2. The number of aromatic hydroxyl groups is 1. The summed E-state index contributed by atoms with van der Waals surface area (Å²) < 4.78 is 5.02. The van der Waals surface area contributed by atoms with Crippen LogP contribution in [0, 0.1) is 6.92 Å². The van der Waals surface area contributed by atoms with E-state index in [0.29, 0.717) is 19.7 Å². The Morgan fingerprint density at radius 2 is 2.21 bits per heavy atom. The molecule has 2 N–H and O–H groups in total. The van der Waals surface area contributed by atoms with Gasteiger partial charge >= 0.3 is 6.09 Å². The summed E-state index contributed by atoms with van der Waals surface area (Å²) in [5.74, 6) is 0.142. The molecule has 1 fully saturated rings. The number of benzene rings is 1. The third-order valence-electron chi connectivity index (χ3n) is 4.38. The summed E-state index contributed by atoms with van der Waals surface area (Å²) >= 11 is 0. The number of piperidine rings is 1. The number of likely N-dealkylation sites (tertiary alicyclic amines) is 1. The van der Waals surface area contributed by atoms with Crippen LogP contribution in [0.2, 0.25) is 0 Å². The molecule has 0 unspecified atom stereocenters. The Balaban J connectivity index is 1.67. The number of carbonyl (C=O) groups excluding carboxylic acids is 1. The number of H-pyrrole nitrogens is 1. The molecule has 6 heteroatoms. The van der Waals surface area contributed by atoms with Gasteiger partial charge in [0.2, 0.25) is 0 Å². The van der Waals surface area contributed by atoms with E-state index >= 15 is 0 Å². The summed E-state index contributed by atoms with van der Waals surface area (Å²) in [7, 11) is 0. The molecule has 1 amide bonds. The van der Waals surface area contributed by atoms with E-state index in [4.69, 9.17) is 4.74 Å². The van der Waals surface area contributed by atoms with Crippen molar-refractivity contribution in [2.24, 2.45) is 4.99 Å². The Labute approximate surface area is 141 Å². The highest BCUT2D eigenvalue weighted by atomic mass is 16.6. The van der Waals surface area contributed by atoms with Gasteiger partial charge in [-0.15, -0.1) is 0 Å². The molecule has 128 valence electrons. The molecule has 0 aliphatic carbocycles. The summed E-state index contributed by atoms with van der Waals surface area (Å²) in [6, 6.07) is 6.17. The van der Waals surface area contributed by atoms with E-state index in [-0.39, 0.29) is 18.0 Å². The number of nitrogens with zero attached hydrogens (tertiary/aromatic N) is 2. The highest BCUT2D eigenvalue weighted by Crippen LogP contribution is 2.26. The molecule has 0 saturated carbocycles. The van der Waals surface area contributed by atoms with Gasteiger partial charge in [0.1, 0.15) is 0 Å². The number of ether oxygens (including phenoxy) is 1. The van der Waals surface area contributed by atoms with Crippen molar-refractivity contribution in [3.63, 3.8) is 0 Å². The molecule has 0 radical (unpaired) electrons. The number of aromatic amines is 1. The van der Waals surface area contributed by atoms with E-state index in [2.05, 4.69) is 9.98 Å². The van der Waals surface area contributed by atoms with E-state index < -0.39 is 0 Å². The minimum Gasteiger partial charge on any atom is -0.494 e. The van der Waals surface area contributed by atoms with Gasteiger partial charge in [-0.1, -0.05) is 12.1 Å². The molecule has 1 aliphatic heterocycles. The molecular formula is C18H23N3O3. The number of fused-ring (bicyclic) bond motifs is 1. The van der Waals surface area contributed by atoms with E-state index in [1.165, 1.54) is 0 Å². The van der Waals surface area contributed by atoms with Crippen LogP contribution in [-0.2, 0) is 4.74 Å². The summed E-state index contributed by atoms with van der Waals surface area (Å²) in [5.41, 5.74) is 2.77. The summed E-state index contributed by atoms with van der Waals surface area (Å²) in [5, 5.41) is 11.1. The predicted octanol–water partition coefficient (Wildman–Crippen LogP) is 3.22. The Morgan fingerprint density at radius 1 is 1.46 bits per heavy atom. The molecule has 2 aromatic rings. The fraction of sp³-hybridized carbons (Fsp3) is 0.444. The largest absolute Gasteiger partial charge is 0.494 e. The Bertz CT molecular complexity index is 758. The number of amides is 1. The van der Waals surface area contributed by atoms with Gasteiger partial charge in [0, 0.05) is 30.2 Å². The van der Waals surface area contributed by atoms with Crippen LogP contribution >= 0.6 is 0 Å². The first-order valence-corrected chi connectivity index (χ1v) is 8.34. The van der Waals surface area contributed by atoms with Crippen LogP contribution in [0.5, 0.6) is 5.88 Å². The van der Waals surface area contributed by atoms with Crippen molar-refractivity contribution >= 4 is 23.2 Å². The molecule has 0 bridgehead atoms. The van der Waals surface area contributed by atoms with Crippen molar-refractivity contribution in [3.8, 4) is 5.88 Å². The maximum atomic E-state index is 11.7. The first kappa shape index (κ1) is 16.4. The standard InChI is InChI=1S/C18H23N3O3/c1-3-24-18(23)21-8-6-13(7-9-21)19-11-15-14-5-4-12(2)10-16(14)20-17(15)22/h4-5,10-11,13,20,22H,3,6-9H2,1-2H3. The normalized spacial score (nSPS) is 16.2. The molecule has 1 saturated heterocycles. The number of rotatable bonds is 3. The molecule has 1 aliphatic rings. The van der Waals surface area contributed by atoms with Gasteiger partial charge in [-0.3, -0.25) is 4.99 Å². The molecule has 0 atom stereocenters. The second-order valence-electron chi connectivity index (χ2n) is 6.13. The number of aliphatic imine (C=N–C) groups is 1. The SMILES string of the molecule is CCOC(=O)N1CCC(N=Cc2c(O)[nH]c3cc(C)ccc23)CC1. The predicted molar refractivity (Wildman–Crippen MR) is 93.9 cm³/mol. The topological polar surface area (TPSA) is 77.9 Å². The van der Waals surface area contributed by atoms with Gasteiger partial charge in [-0.25, -0.2) is 4.79 Å². The van der Waals surface area contributed by atoms with E-state index in [9.17, 15) is 9.90 Å². The smallest absolute Gasteiger partial charge is 0.409 e. The van der Waals surface area contributed by atoms with Crippen molar-refractivity contribution in [1.29, 1.82) is 0 Å². The molecule has 0 spiro atoms. The number of aryl methyl sites for hydroxylation is 1. The van der Waals surface area contributed by atoms with Crippen LogP contribution in [0.25, 0.3) is 10.9 Å². The molecule has 1 aromatic carbocycles. The van der Waals surface area contributed by atoms with E-state index in [0.717, 1.165) is 34.9 Å². The summed E-state index contributed by atoms with van der Waals surface area (Å²) in [6.07, 6.45) is 3.10. The summed E-state index contributed by atoms with van der Waals surface area (Å²) in [4.78, 5) is 21.0. The molecule has 1 aromatic heterocycles. The van der Waals surface area contributed by atoms with Crippen LogP contribution in [-0.4, -0.2) is 53.0 Å². The fourth-order valence-electron chi connectivity index (χ4n) is 3.04. The molecular weight excluding hydrogens is 306 g/mol. The van der Waals surface area contributed by atoms with Gasteiger partial charge in [0.15, 0.2) is 5.88 Å². The van der Waals surface area contributed by atoms with Crippen molar-refractivity contribution in [2.45, 2.75) is 32.7 Å². The average molecular weight is 329 g/mol. The number of carbonyl (C=O) groups is 1. The van der Waals surface area contributed by atoms with Gasteiger partial charge in [0.05, 0.1) is 18.2 Å². The Hall–Kier alpha value is -2.50. The maximum absolute atomic E-state index is 11.7. The molecule has 24 heavy (non-hydrogen) atoms. The Kier molecular flexibility index (Phi) is 4.74. The monoisotopic (exact) mass is 329 g/mol. The van der Waals surface area contributed by atoms with Crippen molar-refractivity contribution in [3.05, 3.63) is 29.3 Å². The third-order valence-corrected chi connectivity index (χ3v) is 4.38. The first-order valence-electron chi connectivity index (χ1n) is 8.34. The third kappa shape index (κ3) is 3.37. The number of nitrogens with one attached hydrogen (secondary N) is 1. The Morgan fingerprint density at radius 3 is 2.92 bits per heavy atom. The molecule has 3 rings (SSSR count). The van der Waals surface area contributed by atoms with E-state index in [1.807, 2.05) is 32.0 Å². The van der Waals surface area contributed by atoms with Crippen LogP contribution in [0.4, 0.5) is 4.79 Å². The first-order chi connectivity index (χ1) is 11.6. The van der Waals surface area contributed by atoms with Gasteiger partial charge < -0.3 is 19.7 Å². The zero-order valence-corrected chi connectivity index (χ0v) is 14.1. The quantitative estimate of drug-likeness (QED) is 0.849. The lowest BCUT2D eigenvalue weighted by Crippen LogP contribution is -2.40.